The lowest BCUT2D eigenvalue weighted by atomic mass is 9.95. The molecular formula is C29H35FN6O. The van der Waals surface area contributed by atoms with Crippen molar-refractivity contribution in [2.24, 2.45) is 0 Å². The predicted molar refractivity (Wildman–Crippen MR) is 143 cm³/mol. The van der Waals surface area contributed by atoms with Crippen LogP contribution in [-0.2, 0) is 6.54 Å². The van der Waals surface area contributed by atoms with Gasteiger partial charge in [-0.15, -0.1) is 0 Å². The van der Waals surface area contributed by atoms with E-state index in [1.54, 1.807) is 30.5 Å². The second kappa shape index (κ2) is 11.8. The molecular weight excluding hydrogens is 467 g/mol. The van der Waals surface area contributed by atoms with Crippen LogP contribution in [0.5, 0.6) is 0 Å². The molecule has 2 aliphatic rings. The minimum absolute atomic E-state index is 0.122. The van der Waals surface area contributed by atoms with E-state index in [2.05, 4.69) is 32.1 Å². The number of pyridine rings is 1. The third kappa shape index (κ3) is 6.49. The van der Waals surface area contributed by atoms with Gasteiger partial charge in [-0.25, -0.2) is 14.4 Å². The molecule has 1 saturated heterocycles. The monoisotopic (exact) mass is 502 g/mol. The van der Waals surface area contributed by atoms with Gasteiger partial charge in [-0.05, 0) is 56.0 Å². The van der Waals surface area contributed by atoms with Gasteiger partial charge in [-0.3, -0.25) is 14.7 Å². The van der Waals surface area contributed by atoms with Crippen LogP contribution in [0.1, 0.15) is 61.0 Å². The van der Waals surface area contributed by atoms with E-state index >= 15 is 0 Å². The first kappa shape index (κ1) is 25.3. The molecule has 3 heterocycles. The molecule has 2 aromatic heterocycles. The highest BCUT2D eigenvalue weighted by atomic mass is 19.1. The van der Waals surface area contributed by atoms with E-state index in [4.69, 9.17) is 4.98 Å². The number of halogens is 1. The van der Waals surface area contributed by atoms with E-state index < -0.39 is 0 Å². The van der Waals surface area contributed by atoms with Crippen molar-refractivity contribution in [3.8, 4) is 11.3 Å². The minimum atomic E-state index is -0.306. The van der Waals surface area contributed by atoms with E-state index in [1.165, 1.54) is 44.2 Å². The van der Waals surface area contributed by atoms with E-state index in [-0.39, 0.29) is 17.8 Å². The van der Waals surface area contributed by atoms with Crippen LogP contribution in [0.25, 0.3) is 11.3 Å². The lowest BCUT2D eigenvalue weighted by Gasteiger charge is -2.33. The number of benzene rings is 1. The average molecular weight is 503 g/mol. The zero-order chi connectivity index (χ0) is 25.6. The number of rotatable bonds is 7. The van der Waals surface area contributed by atoms with Crippen molar-refractivity contribution in [3.05, 3.63) is 71.9 Å². The molecule has 8 heteroatoms. The minimum Gasteiger partial charge on any atom is -0.349 e. The molecule has 1 aromatic carbocycles. The summed E-state index contributed by atoms with van der Waals surface area (Å²) < 4.78 is 13.5. The molecule has 1 aliphatic heterocycles. The molecule has 0 spiro atoms. The number of anilines is 1. The number of hydrogen-bond acceptors (Lipinski definition) is 6. The van der Waals surface area contributed by atoms with E-state index in [1.807, 2.05) is 12.3 Å². The number of piperidine rings is 1. The molecule has 0 atom stereocenters. The summed E-state index contributed by atoms with van der Waals surface area (Å²) in [7, 11) is 2.12. The molecule has 0 unspecified atom stereocenters. The highest BCUT2D eigenvalue weighted by Crippen LogP contribution is 2.24. The SMILES string of the molecule is CN(c1nccc(CN2CCC(NC(=O)c3ccc(-c4cccc(F)c4)nc3)CC2)n1)C1CCCCC1. The van der Waals surface area contributed by atoms with Crippen molar-refractivity contribution < 1.29 is 9.18 Å². The molecule has 0 radical (unpaired) electrons. The summed E-state index contributed by atoms with van der Waals surface area (Å²) in [6.45, 7) is 2.60. The fraction of sp³-hybridized carbons (Fsp3) is 0.448. The summed E-state index contributed by atoms with van der Waals surface area (Å²) in [5, 5.41) is 3.15. The maximum absolute atomic E-state index is 13.5. The molecule has 7 nitrogen and oxygen atoms in total. The highest BCUT2D eigenvalue weighted by molar-refractivity contribution is 5.94. The Morgan fingerprint density at radius 1 is 1.05 bits per heavy atom. The van der Waals surface area contributed by atoms with Crippen LogP contribution in [0, 0.1) is 5.82 Å². The Morgan fingerprint density at radius 2 is 1.86 bits per heavy atom. The molecule has 1 N–H and O–H groups in total. The second-order valence-electron chi connectivity index (χ2n) is 10.2. The topological polar surface area (TPSA) is 74.2 Å². The van der Waals surface area contributed by atoms with E-state index in [0.717, 1.165) is 44.1 Å². The third-order valence-electron chi connectivity index (χ3n) is 7.59. The van der Waals surface area contributed by atoms with Crippen molar-refractivity contribution >= 4 is 11.9 Å². The number of amides is 1. The number of aromatic nitrogens is 3. The van der Waals surface area contributed by atoms with Crippen molar-refractivity contribution in [2.75, 3.05) is 25.0 Å². The first-order valence-electron chi connectivity index (χ1n) is 13.3. The van der Waals surface area contributed by atoms with Crippen LogP contribution in [0.4, 0.5) is 10.3 Å². The summed E-state index contributed by atoms with van der Waals surface area (Å²) in [5.74, 6) is 0.394. The van der Waals surface area contributed by atoms with Gasteiger partial charge in [0.05, 0.1) is 17.0 Å². The summed E-state index contributed by atoms with van der Waals surface area (Å²) in [6.07, 6.45) is 11.6. The zero-order valence-corrected chi connectivity index (χ0v) is 21.4. The zero-order valence-electron chi connectivity index (χ0n) is 21.4. The molecule has 2 fully saturated rings. The fourth-order valence-electron chi connectivity index (χ4n) is 5.35. The van der Waals surface area contributed by atoms with Gasteiger partial charge in [0.15, 0.2) is 0 Å². The lowest BCUT2D eigenvalue weighted by molar-refractivity contribution is 0.0908. The number of carbonyl (C=O) groups excluding carboxylic acids is 1. The van der Waals surface area contributed by atoms with Gasteiger partial charge in [0.1, 0.15) is 5.82 Å². The van der Waals surface area contributed by atoms with Crippen LogP contribution >= 0.6 is 0 Å². The molecule has 1 saturated carbocycles. The van der Waals surface area contributed by atoms with Gasteiger partial charge < -0.3 is 10.2 Å². The normalized spacial score (nSPS) is 17.5. The number of hydrogen-bond donors (Lipinski definition) is 1. The van der Waals surface area contributed by atoms with Crippen molar-refractivity contribution in [1.82, 2.24) is 25.2 Å². The van der Waals surface area contributed by atoms with Gasteiger partial charge in [0.2, 0.25) is 5.95 Å². The molecule has 194 valence electrons. The van der Waals surface area contributed by atoms with Crippen molar-refractivity contribution in [2.45, 2.75) is 63.6 Å². The Labute approximate surface area is 218 Å². The summed E-state index contributed by atoms with van der Waals surface area (Å²) in [6, 6.07) is 12.5. The molecule has 5 rings (SSSR count). The second-order valence-corrected chi connectivity index (χ2v) is 10.2. The fourth-order valence-corrected chi connectivity index (χ4v) is 5.35. The Morgan fingerprint density at radius 3 is 2.59 bits per heavy atom. The number of likely N-dealkylation sites (tertiary alicyclic amines) is 1. The van der Waals surface area contributed by atoms with Gasteiger partial charge in [-0.1, -0.05) is 31.4 Å². The van der Waals surface area contributed by atoms with E-state index in [0.29, 0.717) is 22.9 Å². The van der Waals surface area contributed by atoms with E-state index in [9.17, 15) is 9.18 Å². The largest absolute Gasteiger partial charge is 0.349 e. The Balaban J connectivity index is 1.10. The maximum atomic E-state index is 13.5. The van der Waals surface area contributed by atoms with Gasteiger partial charge in [-0.2, -0.15) is 0 Å². The summed E-state index contributed by atoms with van der Waals surface area (Å²) >= 11 is 0. The third-order valence-corrected chi connectivity index (χ3v) is 7.59. The van der Waals surface area contributed by atoms with Gasteiger partial charge >= 0.3 is 0 Å². The van der Waals surface area contributed by atoms with Crippen LogP contribution in [0.15, 0.2) is 54.9 Å². The Kier molecular flexibility index (Phi) is 8.04. The summed E-state index contributed by atoms with van der Waals surface area (Å²) in [4.78, 5) is 31.2. The van der Waals surface area contributed by atoms with Crippen LogP contribution < -0.4 is 10.2 Å². The standard InChI is InChI=1S/C29H35FN6O/c1-35(26-8-3-2-4-9-26)29-31-15-12-25(34-29)20-36-16-13-24(14-17-36)33-28(37)22-10-11-27(32-19-22)21-6-5-7-23(30)18-21/h5-7,10-12,15,18-19,24,26H,2-4,8-9,13-14,16-17,20H2,1H3,(H,33,37). The molecule has 3 aromatic rings. The van der Waals surface area contributed by atoms with Crippen molar-refractivity contribution in [3.63, 3.8) is 0 Å². The van der Waals surface area contributed by atoms with Crippen LogP contribution in [-0.4, -0.2) is 58.0 Å². The lowest BCUT2D eigenvalue weighted by Crippen LogP contribution is -2.44. The molecule has 1 aliphatic carbocycles. The smallest absolute Gasteiger partial charge is 0.253 e. The van der Waals surface area contributed by atoms with Gasteiger partial charge in [0, 0.05) is 56.7 Å². The highest BCUT2D eigenvalue weighted by Gasteiger charge is 2.23. The molecule has 37 heavy (non-hydrogen) atoms. The number of nitrogens with zero attached hydrogens (tertiary/aromatic N) is 5. The van der Waals surface area contributed by atoms with Gasteiger partial charge in [0.25, 0.3) is 5.91 Å². The number of carbonyl (C=O) groups is 1. The molecule has 1 amide bonds. The van der Waals surface area contributed by atoms with Crippen LogP contribution in [0.2, 0.25) is 0 Å². The predicted octanol–water partition coefficient (Wildman–Crippen LogP) is 4.84. The first-order valence-corrected chi connectivity index (χ1v) is 13.3. The Bertz CT molecular complexity index is 1190. The first-order chi connectivity index (χ1) is 18.0. The van der Waals surface area contributed by atoms with Crippen LogP contribution in [0.3, 0.4) is 0 Å². The average Bonchev–Trinajstić information content (AvgIpc) is 2.94. The molecule has 0 bridgehead atoms. The van der Waals surface area contributed by atoms with Crippen molar-refractivity contribution in [1.29, 1.82) is 0 Å². The Hall–Kier alpha value is -3.39. The quantitative estimate of drug-likeness (QED) is 0.498. The number of nitrogens with one attached hydrogen (secondary N) is 1. The maximum Gasteiger partial charge on any atom is 0.253 e. The summed E-state index contributed by atoms with van der Waals surface area (Å²) in [5.41, 5.74) is 2.88.